The van der Waals surface area contributed by atoms with Crippen LogP contribution in [0.2, 0.25) is 5.15 Å². The fourth-order valence-electron chi connectivity index (χ4n) is 3.09. The van der Waals surface area contributed by atoms with Crippen LogP contribution >= 0.6 is 11.6 Å². The van der Waals surface area contributed by atoms with Gasteiger partial charge in [0.2, 0.25) is 5.95 Å². The highest BCUT2D eigenvalue weighted by Gasteiger charge is 2.30. The number of rotatable bonds is 3. The monoisotopic (exact) mass is 374 g/mol. The molecule has 0 saturated carbocycles. The minimum absolute atomic E-state index is 0.244. The zero-order valence-electron chi connectivity index (χ0n) is 14.1. The molecule has 0 saturated heterocycles. The maximum Gasteiger partial charge on any atom is 0.265 e. The summed E-state index contributed by atoms with van der Waals surface area (Å²) in [5.74, 6) is -0.0311. The maximum absolute atomic E-state index is 13.1. The van der Waals surface area contributed by atoms with Crippen molar-refractivity contribution in [3.8, 4) is 0 Å². The average molecular weight is 375 g/mol. The van der Waals surface area contributed by atoms with Crippen molar-refractivity contribution in [2.24, 2.45) is 0 Å². The van der Waals surface area contributed by atoms with E-state index >= 15 is 0 Å². The first-order chi connectivity index (χ1) is 12.5. The largest absolute Gasteiger partial charge is 0.277 e. The summed E-state index contributed by atoms with van der Waals surface area (Å²) in [6.45, 7) is 3.38. The van der Waals surface area contributed by atoms with Crippen molar-refractivity contribution in [1.29, 1.82) is 0 Å². The fraction of sp³-hybridized carbons (Fsp3) is 0.294. The molecule has 0 atom stereocenters. The van der Waals surface area contributed by atoms with Crippen LogP contribution < -0.4 is 4.90 Å². The molecule has 26 heavy (non-hydrogen) atoms. The van der Waals surface area contributed by atoms with Crippen LogP contribution in [0.1, 0.15) is 28.0 Å². The predicted molar refractivity (Wildman–Crippen MR) is 93.8 cm³/mol. The van der Waals surface area contributed by atoms with Gasteiger partial charge in [-0.1, -0.05) is 23.7 Å². The van der Waals surface area contributed by atoms with Crippen molar-refractivity contribution in [3.05, 3.63) is 58.4 Å². The quantitative estimate of drug-likeness (QED) is 0.706. The number of aryl methyl sites for hydroxylation is 2. The molecule has 1 aromatic carbocycles. The Balaban J connectivity index is 1.65. The van der Waals surface area contributed by atoms with E-state index in [1.54, 1.807) is 33.3 Å². The van der Waals surface area contributed by atoms with E-state index in [9.17, 15) is 9.18 Å². The molecular formula is C17H16ClFN6O. The van der Waals surface area contributed by atoms with E-state index in [1.807, 2.05) is 0 Å². The van der Waals surface area contributed by atoms with Crippen LogP contribution in [0.5, 0.6) is 0 Å². The van der Waals surface area contributed by atoms with E-state index in [0.717, 1.165) is 18.5 Å². The lowest BCUT2D eigenvalue weighted by Gasteiger charge is -2.25. The molecule has 0 unspecified atom stereocenters. The van der Waals surface area contributed by atoms with Crippen LogP contribution in [-0.4, -0.2) is 37.0 Å². The van der Waals surface area contributed by atoms with Gasteiger partial charge in [0.25, 0.3) is 5.91 Å². The standard InChI is InChI=1S/C17H16ClFN6O/c1-11-14(16(26)23-7-2-8-24-17(23)20-10-21-24)15(18)25(22-11)9-12-3-5-13(19)6-4-12/h3-6,10H,2,7-9H2,1H3. The smallest absolute Gasteiger partial charge is 0.265 e. The highest BCUT2D eigenvalue weighted by Crippen LogP contribution is 2.26. The van der Waals surface area contributed by atoms with E-state index in [4.69, 9.17) is 11.6 Å². The highest BCUT2D eigenvalue weighted by molar-refractivity contribution is 6.33. The van der Waals surface area contributed by atoms with E-state index in [2.05, 4.69) is 15.2 Å². The molecule has 3 heterocycles. The van der Waals surface area contributed by atoms with Crippen LogP contribution in [0.15, 0.2) is 30.6 Å². The molecule has 1 aliphatic rings. The first kappa shape index (κ1) is 16.7. The summed E-state index contributed by atoms with van der Waals surface area (Å²) in [5, 5.41) is 8.77. The van der Waals surface area contributed by atoms with E-state index in [1.165, 1.54) is 18.5 Å². The molecule has 4 rings (SSSR count). The molecule has 2 aromatic heterocycles. The normalized spacial score (nSPS) is 13.7. The Hall–Kier alpha value is -2.74. The van der Waals surface area contributed by atoms with Gasteiger partial charge in [-0.3, -0.25) is 9.69 Å². The van der Waals surface area contributed by atoms with Crippen LogP contribution in [0.25, 0.3) is 0 Å². The third-order valence-corrected chi connectivity index (χ3v) is 4.74. The number of nitrogens with zero attached hydrogens (tertiary/aromatic N) is 6. The SMILES string of the molecule is Cc1nn(Cc2ccc(F)cc2)c(Cl)c1C(=O)N1CCCn2ncnc21. The minimum Gasteiger partial charge on any atom is -0.277 e. The van der Waals surface area contributed by atoms with Gasteiger partial charge in [-0.15, -0.1) is 0 Å². The van der Waals surface area contributed by atoms with Crippen molar-refractivity contribution in [2.75, 3.05) is 11.4 Å². The number of aromatic nitrogens is 5. The summed E-state index contributed by atoms with van der Waals surface area (Å²) in [6.07, 6.45) is 2.23. The fourth-order valence-corrected chi connectivity index (χ4v) is 3.41. The number of halogens is 2. The molecular weight excluding hydrogens is 359 g/mol. The summed E-state index contributed by atoms with van der Waals surface area (Å²) < 4.78 is 16.3. The number of benzene rings is 1. The third kappa shape index (κ3) is 2.86. The molecule has 1 amide bonds. The number of fused-ring (bicyclic) bond motifs is 1. The molecule has 0 radical (unpaired) electrons. The molecule has 0 fully saturated rings. The first-order valence-corrected chi connectivity index (χ1v) is 8.59. The lowest BCUT2D eigenvalue weighted by Crippen LogP contribution is -2.38. The molecule has 1 aliphatic heterocycles. The molecule has 0 N–H and O–H groups in total. The van der Waals surface area contributed by atoms with E-state index in [0.29, 0.717) is 30.3 Å². The number of amides is 1. The Morgan fingerprint density at radius 3 is 2.81 bits per heavy atom. The zero-order chi connectivity index (χ0) is 18.3. The van der Waals surface area contributed by atoms with Crippen LogP contribution in [0, 0.1) is 12.7 Å². The van der Waals surface area contributed by atoms with Gasteiger partial charge < -0.3 is 0 Å². The van der Waals surface area contributed by atoms with Gasteiger partial charge in [-0.2, -0.15) is 15.2 Å². The summed E-state index contributed by atoms with van der Waals surface area (Å²) >= 11 is 6.46. The second-order valence-electron chi connectivity index (χ2n) is 6.13. The Labute approximate surface area is 154 Å². The second-order valence-corrected chi connectivity index (χ2v) is 6.49. The van der Waals surface area contributed by atoms with Gasteiger partial charge in [-0.25, -0.2) is 13.8 Å². The van der Waals surface area contributed by atoms with Crippen molar-refractivity contribution in [3.63, 3.8) is 0 Å². The molecule has 134 valence electrons. The van der Waals surface area contributed by atoms with Crippen molar-refractivity contribution >= 4 is 23.5 Å². The van der Waals surface area contributed by atoms with Gasteiger partial charge in [0.15, 0.2) is 0 Å². The Kier molecular flexibility index (Phi) is 4.20. The van der Waals surface area contributed by atoms with E-state index < -0.39 is 0 Å². The Morgan fingerprint density at radius 2 is 2.04 bits per heavy atom. The van der Waals surface area contributed by atoms with Gasteiger partial charge >= 0.3 is 0 Å². The maximum atomic E-state index is 13.1. The number of anilines is 1. The lowest BCUT2D eigenvalue weighted by atomic mass is 10.2. The van der Waals surface area contributed by atoms with Crippen LogP contribution in [0.4, 0.5) is 10.3 Å². The minimum atomic E-state index is -0.304. The molecule has 7 nitrogen and oxygen atoms in total. The van der Waals surface area contributed by atoms with Crippen LogP contribution in [0.3, 0.4) is 0 Å². The average Bonchev–Trinajstić information content (AvgIpc) is 3.21. The number of carbonyl (C=O) groups excluding carboxylic acids is 1. The molecule has 9 heteroatoms. The zero-order valence-corrected chi connectivity index (χ0v) is 14.8. The summed E-state index contributed by atoms with van der Waals surface area (Å²) in [4.78, 5) is 18.8. The number of hydrogen-bond acceptors (Lipinski definition) is 4. The van der Waals surface area contributed by atoms with Gasteiger partial charge in [0, 0.05) is 13.1 Å². The summed E-state index contributed by atoms with van der Waals surface area (Å²) in [7, 11) is 0. The summed E-state index contributed by atoms with van der Waals surface area (Å²) in [5.41, 5.74) is 1.73. The van der Waals surface area contributed by atoms with Gasteiger partial charge in [0.1, 0.15) is 17.3 Å². The van der Waals surface area contributed by atoms with Gasteiger partial charge in [-0.05, 0) is 31.0 Å². The van der Waals surface area contributed by atoms with Crippen molar-refractivity contribution in [2.45, 2.75) is 26.4 Å². The highest BCUT2D eigenvalue weighted by atomic mass is 35.5. The van der Waals surface area contributed by atoms with Crippen LogP contribution in [-0.2, 0) is 13.1 Å². The molecule has 0 aliphatic carbocycles. The Morgan fingerprint density at radius 1 is 1.27 bits per heavy atom. The molecule has 0 bridgehead atoms. The first-order valence-electron chi connectivity index (χ1n) is 8.21. The number of carbonyl (C=O) groups is 1. The third-order valence-electron chi connectivity index (χ3n) is 4.36. The Bertz CT molecular complexity index is 964. The molecule has 3 aromatic rings. The van der Waals surface area contributed by atoms with Crippen molar-refractivity contribution < 1.29 is 9.18 Å². The van der Waals surface area contributed by atoms with Gasteiger partial charge in [0.05, 0.1) is 17.8 Å². The summed E-state index contributed by atoms with van der Waals surface area (Å²) in [6, 6.07) is 6.09. The topological polar surface area (TPSA) is 68.8 Å². The second kappa shape index (κ2) is 6.53. The predicted octanol–water partition coefficient (Wildman–Crippen LogP) is 2.67. The molecule has 0 spiro atoms. The lowest BCUT2D eigenvalue weighted by molar-refractivity contribution is 0.0980. The van der Waals surface area contributed by atoms with E-state index in [-0.39, 0.29) is 16.9 Å². The van der Waals surface area contributed by atoms with Crippen molar-refractivity contribution in [1.82, 2.24) is 24.5 Å². The number of hydrogen-bond donors (Lipinski definition) is 0.